The maximum Gasteiger partial charge on any atom is 0.220 e. The van der Waals surface area contributed by atoms with Crippen LogP contribution in [0.25, 0.3) is 0 Å². The molecule has 3 N–H and O–H groups in total. The van der Waals surface area contributed by atoms with Gasteiger partial charge in [-0.05, 0) is 25.7 Å². The van der Waals surface area contributed by atoms with Crippen molar-refractivity contribution in [1.29, 1.82) is 0 Å². The van der Waals surface area contributed by atoms with Gasteiger partial charge in [-0.3, -0.25) is 4.79 Å². The van der Waals surface area contributed by atoms with Crippen LogP contribution in [0.4, 0.5) is 0 Å². The number of aliphatic hydroxyl groups excluding tert-OH is 1. The van der Waals surface area contributed by atoms with Crippen LogP contribution in [0.2, 0.25) is 0 Å². The van der Waals surface area contributed by atoms with Gasteiger partial charge < -0.3 is 15.7 Å². The van der Waals surface area contributed by atoms with Crippen LogP contribution in [0.15, 0.2) is 0 Å². The number of carbonyl (C=O) groups excluding carboxylic acids is 1. The Bertz CT molecular complexity index is 226. The molecule has 1 saturated heterocycles. The van der Waals surface area contributed by atoms with Crippen molar-refractivity contribution in [3.63, 3.8) is 0 Å². The fourth-order valence-corrected chi connectivity index (χ4v) is 2.55. The lowest BCUT2D eigenvalue weighted by Gasteiger charge is -2.51. The monoisotopic (exact) mass is 198 g/mol. The maximum atomic E-state index is 11.3. The first-order valence-corrected chi connectivity index (χ1v) is 5.42. The molecular formula is C10H18N2O2. The van der Waals surface area contributed by atoms with Crippen LogP contribution < -0.4 is 10.6 Å². The van der Waals surface area contributed by atoms with Gasteiger partial charge in [0.05, 0.1) is 12.1 Å². The van der Waals surface area contributed by atoms with Gasteiger partial charge in [-0.1, -0.05) is 0 Å². The van der Waals surface area contributed by atoms with E-state index in [9.17, 15) is 4.79 Å². The molecule has 1 spiro atoms. The van der Waals surface area contributed by atoms with E-state index in [0.717, 1.165) is 19.3 Å². The van der Waals surface area contributed by atoms with Crippen LogP contribution >= 0.6 is 0 Å². The van der Waals surface area contributed by atoms with E-state index in [1.165, 1.54) is 6.42 Å². The molecule has 4 heteroatoms. The minimum absolute atomic E-state index is 0.0184. The Morgan fingerprint density at radius 1 is 1.57 bits per heavy atom. The summed E-state index contributed by atoms with van der Waals surface area (Å²) in [5.74, 6) is 0.187. The normalized spacial score (nSPS) is 29.8. The molecular weight excluding hydrogens is 180 g/mol. The lowest BCUT2D eigenvalue weighted by atomic mass is 9.68. The van der Waals surface area contributed by atoms with Crippen molar-refractivity contribution in [2.45, 2.75) is 43.7 Å². The number of aliphatic hydroxyl groups is 1. The van der Waals surface area contributed by atoms with E-state index >= 15 is 0 Å². The third-order valence-corrected chi connectivity index (χ3v) is 3.46. The van der Waals surface area contributed by atoms with Crippen molar-refractivity contribution >= 4 is 5.91 Å². The van der Waals surface area contributed by atoms with E-state index in [1.54, 1.807) is 0 Å². The Kier molecular flexibility index (Phi) is 2.74. The van der Waals surface area contributed by atoms with Gasteiger partial charge in [-0.2, -0.15) is 0 Å². The minimum Gasteiger partial charge on any atom is -0.395 e. The second kappa shape index (κ2) is 3.87. The summed E-state index contributed by atoms with van der Waals surface area (Å²) in [6, 6.07) is 0.362. The predicted octanol–water partition coefficient (Wildman–Crippen LogP) is -0.230. The molecule has 1 aliphatic heterocycles. The highest BCUT2D eigenvalue weighted by molar-refractivity contribution is 5.78. The molecule has 1 unspecified atom stereocenters. The highest BCUT2D eigenvalue weighted by atomic mass is 16.3. The highest BCUT2D eigenvalue weighted by Crippen LogP contribution is 2.38. The lowest BCUT2D eigenvalue weighted by molar-refractivity contribution is -0.128. The number of amides is 1. The Morgan fingerprint density at radius 3 is 2.93 bits per heavy atom. The van der Waals surface area contributed by atoms with Crippen LogP contribution in [0, 0.1) is 0 Å². The molecule has 1 saturated carbocycles. The molecule has 1 heterocycles. The van der Waals surface area contributed by atoms with Crippen LogP contribution in [0.3, 0.4) is 0 Å². The molecule has 2 fully saturated rings. The maximum absolute atomic E-state index is 11.3. The first kappa shape index (κ1) is 9.93. The van der Waals surface area contributed by atoms with E-state index in [4.69, 9.17) is 5.11 Å². The van der Waals surface area contributed by atoms with Crippen molar-refractivity contribution < 1.29 is 9.90 Å². The molecule has 0 aromatic rings. The number of hydrogen-bond acceptors (Lipinski definition) is 3. The fraction of sp³-hybridized carbons (Fsp3) is 0.900. The smallest absolute Gasteiger partial charge is 0.220 e. The van der Waals surface area contributed by atoms with Crippen molar-refractivity contribution in [3.05, 3.63) is 0 Å². The molecule has 0 bridgehead atoms. The van der Waals surface area contributed by atoms with Gasteiger partial charge in [0.25, 0.3) is 0 Å². The summed E-state index contributed by atoms with van der Waals surface area (Å²) in [6.07, 6.45) is 4.90. The van der Waals surface area contributed by atoms with Crippen molar-refractivity contribution in [2.75, 3.05) is 13.2 Å². The third-order valence-electron chi connectivity index (χ3n) is 3.46. The second-order valence-electron chi connectivity index (χ2n) is 4.33. The van der Waals surface area contributed by atoms with Gasteiger partial charge in [-0.25, -0.2) is 0 Å². The summed E-state index contributed by atoms with van der Waals surface area (Å²) in [7, 11) is 0. The molecule has 2 rings (SSSR count). The average Bonchev–Trinajstić information content (AvgIpc) is 2.13. The van der Waals surface area contributed by atoms with E-state index < -0.39 is 0 Å². The number of piperidine rings is 1. The first-order chi connectivity index (χ1) is 6.77. The fourth-order valence-electron chi connectivity index (χ4n) is 2.55. The Labute approximate surface area is 84.1 Å². The molecule has 1 atom stereocenters. The highest BCUT2D eigenvalue weighted by Gasteiger charge is 2.47. The van der Waals surface area contributed by atoms with Gasteiger partial charge in [0.15, 0.2) is 0 Å². The number of carbonyl (C=O) groups is 1. The second-order valence-corrected chi connectivity index (χ2v) is 4.33. The summed E-state index contributed by atoms with van der Waals surface area (Å²) < 4.78 is 0. The molecule has 0 radical (unpaired) electrons. The Balaban J connectivity index is 1.96. The van der Waals surface area contributed by atoms with Crippen LogP contribution in [0.5, 0.6) is 0 Å². The molecule has 80 valence electrons. The molecule has 0 aromatic heterocycles. The molecule has 4 nitrogen and oxygen atoms in total. The van der Waals surface area contributed by atoms with E-state index in [-0.39, 0.29) is 18.1 Å². The molecule has 1 amide bonds. The van der Waals surface area contributed by atoms with Gasteiger partial charge in [0, 0.05) is 19.0 Å². The Morgan fingerprint density at radius 2 is 2.36 bits per heavy atom. The molecule has 0 aromatic carbocycles. The van der Waals surface area contributed by atoms with Crippen molar-refractivity contribution in [3.8, 4) is 0 Å². The lowest BCUT2D eigenvalue weighted by Crippen LogP contribution is -2.68. The number of nitrogens with one attached hydrogen (secondary N) is 2. The van der Waals surface area contributed by atoms with Gasteiger partial charge in [0.1, 0.15) is 0 Å². The predicted molar refractivity (Wildman–Crippen MR) is 52.8 cm³/mol. The number of rotatable bonds is 3. The Hall–Kier alpha value is -0.610. The molecule has 2 aliphatic rings. The SMILES string of the molecule is O=C1CCC(NCCO)C2(CCC2)N1. The molecule has 1 aliphatic carbocycles. The zero-order chi connectivity index (χ0) is 10.0. The van der Waals surface area contributed by atoms with Gasteiger partial charge >= 0.3 is 0 Å². The summed E-state index contributed by atoms with van der Waals surface area (Å²) in [6.45, 7) is 0.794. The molecule has 14 heavy (non-hydrogen) atoms. The van der Waals surface area contributed by atoms with E-state index in [0.29, 0.717) is 19.0 Å². The van der Waals surface area contributed by atoms with Crippen LogP contribution in [0.1, 0.15) is 32.1 Å². The van der Waals surface area contributed by atoms with Gasteiger partial charge in [-0.15, -0.1) is 0 Å². The van der Waals surface area contributed by atoms with E-state index in [1.807, 2.05) is 0 Å². The van der Waals surface area contributed by atoms with Crippen molar-refractivity contribution in [1.82, 2.24) is 10.6 Å². The van der Waals surface area contributed by atoms with Crippen LogP contribution in [-0.4, -0.2) is 35.7 Å². The third kappa shape index (κ3) is 1.64. The minimum atomic E-state index is 0.0184. The van der Waals surface area contributed by atoms with E-state index in [2.05, 4.69) is 10.6 Å². The summed E-state index contributed by atoms with van der Waals surface area (Å²) in [4.78, 5) is 11.3. The zero-order valence-corrected chi connectivity index (χ0v) is 8.38. The largest absolute Gasteiger partial charge is 0.395 e. The first-order valence-electron chi connectivity index (χ1n) is 5.42. The summed E-state index contributed by atoms with van der Waals surface area (Å²) in [5, 5.41) is 15.2. The summed E-state index contributed by atoms with van der Waals surface area (Å²) >= 11 is 0. The average molecular weight is 198 g/mol. The zero-order valence-electron chi connectivity index (χ0n) is 8.38. The van der Waals surface area contributed by atoms with Gasteiger partial charge in [0.2, 0.25) is 5.91 Å². The summed E-state index contributed by atoms with van der Waals surface area (Å²) in [5.41, 5.74) is 0.0184. The number of hydrogen-bond donors (Lipinski definition) is 3. The van der Waals surface area contributed by atoms with Crippen molar-refractivity contribution in [2.24, 2.45) is 0 Å². The van der Waals surface area contributed by atoms with Crippen LogP contribution in [-0.2, 0) is 4.79 Å². The standard InChI is InChI=1S/C10H18N2O2/c13-7-6-11-8-2-3-9(14)12-10(8)4-1-5-10/h8,11,13H,1-7H2,(H,12,14). The topological polar surface area (TPSA) is 61.4 Å². The quantitative estimate of drug-likeness (QED) is 0.587.